The summed E-state index contributed by atoms with van der Waals surface area (Å²) in [4.78, 5) is 4.15. The minimum Gasteiger partial charge on any atom is -0.368 e. The lowest BCUT2D eigenvalue weighted by molar-refractivity contribution is -0.0732. The zero-order chi connectivity index (χ0) is 13.3. The lowest BCUT2D eigenvalue weighted by Gasteiger charge is -2.46. The molecule has 2 atom stereocenters. The van der Waals surface area contributed by atoms with E-state index in [4.69, 9.17) is 4.74 Å². The molecule has 0 radical (unpaired) electrons. The van der Waals surface area contributed by atoms with E-state index in [0.29, 0.717) is 0 Å². The van der Waals surface area contributed by atoms with Crippen molar-refractivity contribution < 1.29 is 9.13 Å². The Kier molecular flexibility index (Phi) is 3.54. The molecule has 104 valence electrons. The molecule has 0 amide bonds. The van der Waals surface area contributed by atoms with Gasteiger partial charge in [0.15, 0.2) is 0 Å². The van der Waals surface area contributed by atoms with Crippen LogP contribution < -0.4 is 5.32 Å². The molecular formula is C15H21FN2O. The molecule has 2 fully saturated rings. The Morgan fingerprint density at radius 2 is 2.11 bits per heavy atom. The maximum atomic E-state index is 12.9. The number of nitrogens with zero attached hydrogens (tertiary/aromatic N) is 1. The molecule has 0 aromatic carbocycles. The van der Waals surface area contributed by atoms with E-state index in [0.717, 1.165) is 12.3 Å². The highest BCUT2D eigenvalue weighted by Gasteiger charge is 2.40. The van der Waals surface area contributed by atoms with Gasteiger partial charge in [-0.25, -0.2) is 4.39 Å². The van der Waals surface area contributed by atoms with E-state index >= 15 is 0 Å². The van der Waals surface area contributed by atoms with Crippen molar-refractivity contribution >= 4 is 0 Å². The van der Waals surface area contributed by atoms with Gasteiger partial charge in [-0.1, -0.05) is 19.3 Å². The van der Waals surface area contributed by atoms with Crippen LogP contribution in [-0.4, -0.2) is 23.2 Å². The number of aromatic nitrogens is 1. The van der Waals surface area contributed by atoms with Gasteiger partial charge in [0.1, 0.15) is 11.9 Å². The molecule has 2 unspecified atom stereocenters. The number of halogens is 1. The Bertz CT molecular complexity index is 428. The third-order valence-electron chi connectivity index (χ3n) is 4.38. The van der Waals surface area contributed by atoms with Crippen molar-refractivity contribution in [1.29, 1.82) is 0 Å². The summed E-state index contributed by atoms with van der Waals surface area (Å²) in [6.07, 6.45) is 7.47. The molecular weight excluding hydrogens is 243 g/mol. The Morgan fingerprint density at radius 3 is 2.74 bits per heavy atom. The fourth-order valence-corrected chi connectivity index (χ4v) is 3.41. The number of nitrogens with one attached hydrogen (secondary N) is 1. The first-order valence-corrected chi connectivity index (χ1v) is 7.19. The van der Waals surface area contributed by atoms with E-state index in [1.54, 1.807) is 6.07 Å². The highest BCUT2D eigenvalue weighted by atomic mass is 19.1. The molecule has 2 aliphatic rings. The second-order valence-corrected chi connectivity index (χ2v) is 5.91. The van der Waals surface area contributed by atoms with Gasteiger partial charge in [-0.2, -0.15) is 0 Å². The quantitative estimate of drug-likeness (QED) is 0.846. The summed E-state index contributed by atoms with van der Waals surface area (Å²) < 4.78 is 19.0. The third kappa shape index (κ3) is 2.65. The fraction of sp³-hybridized carbons (Fsp3) is 0.667. The molecule has 1 aromatic heterocycles. The number of morpholine rings is 1. The zero-order valence-electron chi connectivity index (χ0n) is 11.4. The van der Waals surface area contributed by atoms with Crippen molar-refractivity contribution in [2.45, 2.75) is 56.7 Å². The van der Waals surface area contributed by atoms with Crippen molar-refractivity contribution in [2.24, 2.45) is 0 Å². The van der Waals surface area contributed by atoms with Gasteiger partial charge in [-0.3, -0.25) is 4.98 Å². The SMILES string of the molecule is CC1NC2(CCCCC2)COC1c1ccc(F)cn1. The van der Waals surface area contributed by atoms with Crippen molar-refractivity contribution in [2.75, 3.05) is 6.61 Å². The van der Waals surface area contributed by atoms with Crippen molar-refractivity contribution in [1.82, 2.24) is 10.3 Å². The number of rotatable bonds is 1. The van der Waals surface area contributed by atoms with Crippen LogP contribution in [0.15, 0.2) is 18.3 Å². The molecule has 1 N–H and O–H groups in total. The summed E-state index contributed by atoms with van der Waals surface area (Å²) >= 11 is 0. The predicted molar refractivity (Wildman–Crippen MR) is 71.3 cm³/mol. The molecule has 1 saturated heterocycles. The van der Waals surface area contributed by atoms with Gasteiger partial charge in [-0.15, -0.1) is 0 Å². The summed E-state index contributed by atoms with van der Waals surface area (Å²) in [5.74, 6) is -0.302. The van der Waals surface area contributed by atoms with Crippen LogP contribution in [-0.2, 0) is 4.74 Å². The lowest BCUT2D eigenvalue weighted by Crippen LogP contribution is -2.59. The first kappa shape index (κ1) is 13.0. The van der Waals surface area contributed by atoms with E-state index in [-0.39, 0.29) is 23.5 Å². The van der Waals surface area contributed by atoms with E-state index < -0.39 is 0 Å². The first-order valence-electron chi connectivity index (χ1n) is 7.19. The average molecular weight is 264 g/mol. The third-order valence-corrected chi connectivity index (χ3v) is 4.38. The van der Waals surface area contributed by atoms with Gasteiger partial charge in [0, 0.05) is 11.6 Å². The molecule has 19 heavy (non-hydrogen) atoms. The minimum absolute atomic E-state index is 0.0758. The summed E-state index contributed by atoms with van der Waals surface area (Å²) in [5, 5.41) is 3.74. The zero-order valence-corrected chi connectivity index (χ0v) is 11.4. The molecule has 2 heterocycles. The summed E-state index contributed by atoms with van der Waals surface area (Å²) in [5.41, 5.74) is 0.973. The second kappa shape index (κ2) is 5.17. The maximum Gasteiger partial charge on any atom is 0.141 e. The Hall–Kier alpha value is -1.00. The molecule has 1 aromatic rings. The van der Waals surface area contributed by atoms with Crippen molar-refractivity contribution in [3.05, 3.63) is 29.8 Å². The van der Waals surface area contributed by atoms with Gasteiger partial charge in [0.2, 0.25) is 0 Å². The maximum absolute atomic E-state index is 12.9. The van der Waals surface area contributed by atoms with Crippen LogP contribution in [0.4, 0.5) is 4.39 Å². The molecule has 1 spiro atoms. The molecule has 3 nitrogen and oxygen atoms in total. The Labute approximate surface area is 113 Å². The average Bonchev–Trinajstić information content (AvgIpc) is 2.41. The smallest absolute Gasteiger partial charge is 0.141 e. The van der Waals surface area contributed by atoms with E-state index in [9.17, 15) is 4.39 Å². The first-order chi connectivity index (χ1) is 9.19. The molecule has 0 bridgehead atoms. The summed E-state index contributed by atoms with van der Waals surface area (Å²) in [7, 11) is 0. The van der Waals surface area contributed by atoms with Crippen LogP contribution >= 0.6 is 0 Å². The van der Waals surface area contributed by atoms with Gasteiger partial charge >= 0.3 is 0 Å². The lowest BCUT2D eigenvalue weighted by atomic mass is 9.80. The van der Waals surface area contributed by atoms with Crippen LogP contribution in [0, 0.1) is 5.82 Å². The van der Waals surface area contributed by atoms with Crippen molar-refractivity contribution in [3.63, 3.8) is 0 Å². The monoisotopic (exact) mass is 264 g/mol. The minimum atomic E-state index is -0.302. The largest absolute Gasteiger partial charge is 0.368 e. The number of hydrogen-bond donors (Lipinski definition) is 1. The summed E-state index contributed by atoms with van der Waals surface area (Å²) in [6.45, 7) is 2.87. The molecule has 1 aliphatic carbocycles. The highest BCUT2D eigenvalue weighted by Crippen LogP contribution is 2.35. The van der Waals surface area contributed by atoms with E-state index in [1.807, 2.05) is 0 Å². The molecule has 1 saturated carbocycles. The van der Waals surface area contributed by atoms with Gasteiger partial charge in [0.05, 0.1) is 18.5 Å². The topological polar surface area (TPSA) is 34.1 Å². The van der Waals surface area contributed by atoms with Crippen LogP contribution in [0.3, 0.4) is 0 Å². The Balaban J connectivity index is 1.72. The fourth-order valence-electron chi connectivity index (χ4n) is 3.41. The standard InChI is InChI=1S/C15H21FN2O/c1-11-14(13-6-5-12(16)9-17-13)19-10-15(18-11)7-3-2-4-8-15/h5-6,9,11,14,18H,2-4,7-8,10H2,1H3. The van der Waals surface area contributed by atoms with Gasteiger partial charge < -0.3 is 10.1 Å². The number of ether oxygens (including phenoxy) is 1. The molecule has 4 heteroatoms. The van der Waals surface area contributed by atoms with Crippen LogP contribution in [0.25, 0.3) is 0 Å². The van der Waals surface area contributed by atoms with Crippen molar-refractivity contribution in [3.8, 4) is 0 Å². The normalized spacial score (nSPS) is 30.4. The van der Waals surface area contributed by atoms with Crippen LogP contribution in [0.5, 0.6) is 0 Å². The van der Waals surface area contributed by atoms with E-state index in [1.165, 1.54) is 44.4 Å². The van der Waals surface area contributed by atoms with Crippen LogP contribution in [0.2, 0.25) is 0 Å². The van der Waals surface area contributed by atoms with E-state index in [2.05, 4.69) is 17.2 Å². The highest BCUT2D eigenvalue weighted by molar-refractivity contribution is 5.12. The molecule has 3 rings (SSSR count). The van der Waals surface area contributed by atoms with Gasteiger partial charge in [-0.05, 0) is 31.9 Å². The predicted octanol–water partition coefficient (Wildman–Crippen LogP) is 2.97. The Morgan fingerprint density at radius 1 is 1.32 bits per heavy atom. The molecule has 1 aliphatic heterocycles. The van der Waals surface area contributed by atoms with Crippen LogP contribution in [0.1, 0.15) is 50.8 Å². The van der Waals surface area contributed by atoms with Gasteiger partial charge in [0.25, 0.3) is 0 Å². The number of hydrogen-bond acceptors (Lipinski definition) is 3. The number of pyridine rings is 1. The summed E-state index contributed by atoms with van der Waals surface area (Å²) in [6, 6.07) is 3.38. The second-order valence-electron chi connectivity index (χ2n) is 5.91.